The van der Waals surface area contributed by atoms with E-state index in [0.717, 1.165) is 17.0 Å². The second-order valence-electron chi connectivity index (χ2n) is 5.90. The number of hydroxylamine groups is 2. The van der Waals surface area contributed by atoms with Crippen molar-refractivity contribution in [1.82, 2.24) is 10.0 Å². The second-order valence-corrected chi connectivity index (χ2v) is 7.81. The molecule has 0 saturated heterocycles. The average molecular weight is 311 g/mol. The number of hydrogen-bond donors (Lipinski definition) is 0. The average Bonchev–Trinajstić information content (AvgIpc) is 2.42. The van der Waals surface area contributed by atoms with Crippen molar-refractivity contribution >= 4 is 16.7 Å². The molecule has 0 unspecified atom stereocenters. The van der Waals surface area contributed by atoms with Gasteiger partial charge in [0.15, 0.2) is 0 Å². The first-order valence-corrected chi connectivity index (χ1v) is 8.02. The molecule has 0 saturated carbocycles. The van der Waals surface area contributed by atoms with Crippen LogP contribution in [0.15, 0.2) is 22.7 Å². The maximum Gasteiger partial charge on any atom is 0.145 e. The summed E-state index contributed by atoms with van der Waals surface area (Å²) in [6.45, 7) is 8.38. The molecule has 0 radical (unpaired) electrons. The van der Waals surface area contributed by atoms with Gasteiger partial charge in [0.2, 0.25) is 0 Å². The molecule has 0 fully saturated rings. The molecule has 1 atom stereocenters. The highest BCUT2D eigenvalue weighted by atomic mass is 32.2. The number of aryl methyl sites for hydroxylation is 1. The molecule has 21 heavy (non-hydrogen) atoms. The fourth-order valence-electron chi connectivity index (χ4n) is 1.45. The molecule has 0 aliphatic heterocycles. The van der Waals surface area contributed by atoms with Gasteiger partial charge in [-0.05, 0) is 39.3 Å². The first-order valence-electron chi connectivity index (χ1n) is 6.92. The Bertz CT molecular complexity index is 507. The second kappa shape index (κ2) is 7.77. The van der Waals surface area contributed by atoms with Crippen LogP contribution in [0.5, 0.6) is 0 Å². The minimum absolute atomic E-state index is 0.386. The van der Waals surface area contributed by atoms with Crippen molar-refractivity contribution in [3.8, 4) is 0 Å². The monoisotopic (exact) mass is 311 g/mol. The van der Waals surface area contributed by atoms with Gasteiger partial charge in [-0.2, -0.15) is 9.46 Å². The molecule has 0 aromatic carbocycles. The lowest BCUT2D eigenvalue weighted by atomic mass is 10.1. The highest BCUT2D eigenvalue weighted by Gasteiger charge is 2.20. The van der Waals surface area contributed by atoms with Crippen molar-refractivity contribution in [3.05, 3.63) is 29.6 Å². The molecule has 0 bridgehead atoms. The zero-order chi connectivity index (χ0) is 16.0. The van der Waals surface area contributed by atoms with Gasteiger partial charge in [-0.1, -0.05) is 6.07 Å². The van der Waals surface area contributed by atoms with Gasteiger partial charge in [0, 0.05) is 26.2 Å². The minimum Gasteiger partial charge on any atom is -0.303 e. The van der Waals surface area contributed by atoms with E-state index in [0.29, 0.717) is 13.0 Å². The predicted octanol–water partition coefficient (Wildman–Crippen LogP) is 2.52. The van der Waals surface area contributed by atoms with E-state index in [9.17, 15) is 4.21 Å². The van der Waals surface area contributed by atoms with E-state index in [2.05, 4.69) is 9.38 Å². The van der Waals surface area contributed by atoms with Crippen molar-refractivity contribution in [2.24, 2.45) is 4.40 Å². The van der Waals surface area contributed by atoms with Gasteiger partial charge in [-0.3, -0.25) is 4.98 Å². The van der Waals surface area contributed by atoms with Crippen LogP contribution in [-0.2, 0) is 15.8 Å². The third-order valence-electron chi connectivity index (χ3n) is 2.90. The van der Waals surface area contributed by atoms with Crippen LogP contribution in [0, 0.1) is 6.92 Å². The van der Waals surface area contributed by atoms with Crippen LogP contribution in [0.3, 0.4) is 0 Å². The summed E-state index contributed by atoms with van der Waals surface area (Å²) in [5, 5.41) is 1.71. The van der Waals surface area contributed by atoms with Gasteiger partial charge < -0.3 is 4.84 Å². The van der Waals surface area contributed by atoms with Crippen LogP contribution in [0.25, 0.3) is 0 Å². The molecule has 0 aliphatic rings. The van der Waals surface area contributed by atoms with Crippen LogP contribution in [0.4, 0.5) is 0 Å². The first kappa shape index (κ1) is 17.9. The number of aromatic nitrogens is 1. The van der Waals surface area contributed by atoms with Crippen LogP contribution >= 0.6 is 0 Å². The summed E-state index contributed by atoms with van der Waals surface area (Å²) in [5.74, 6) is 0. The maximum absolute atomic E-state index is 12.3. The Kier molecular flexibility index (Phi) is 6.64. The van der Waals surface area contributed by atoms with Gasteiger partial charge in [0.1, 0.15) is 11.0 Å². The normalized spacial score (nSPS) is 14.5. The summed E-state index contributed by atoms with van der Waals surface area (Å²) in [6.07, 6.45) is 2.42. The van der Waals surface area contributed by atoms with Crippen LogP contribution in [0.1, 0.15) is 38.4 Å². The van der Waals surface area contributed by atoms with Crippen LogP contribution in [0.2, 0.25) is 0 Å². The number of hydrogen-bond acceptors (Lipinski definition) is 4. The lowest BCUT2D eigenvalue weighted by Gasteiger charge is -2.17. The molecule has 6 heteroatoms. The van der Waals surface area contributed by atoms with E-state index < -0.39 is 11.0 Å². The van der Waals surface area contributed by atoms with E-state index in [4.69, 9.17) is 4.84 Å². The summed E-state index contributed by atoms with van der Waals surface area (Å²) in [5.41, 5.74) is 2.60. The largest absolute Gasteiger partial charge is 0.303 e. The molecular formula is C15H25N3O2S. The molecule has 1 aromatic rings. The standard InChI is InChI=1S/C15H25N3O2S/c1-12-7-8-13(16-11-12)14(9-10-18(5)20-6)17-21(19)15(2,3)4/h7-8,11H,9-10H2,1-6H3/t21-/m1/s1. The topological polar surface area (TPSA) is 54.8 Å². The molecule has 1 aromatic heterocycles. The highest BCUT2D eigenvalue weighted by Crippen LogP contribution is 2.15. The van der Waals surface area contributed by atoms with Crippen molar-refractivity contribution in [3.63, 3.8) is 0 Å². The van der Waals surface area contributed by atoms with Gasteiger partial charge in [-0.15, -0.1) is 0 Å². The Hall–Kier alpha value is -1.11. The third kappa shape index (κ3) is 6.03. The molecule has 0 N–H and O–H groups in total. The number of pyridine rings is 1. The smallest absolute Gasteiger partial charge is 0.145 e. The van der Waals surface area contributed by atoms with Gasteiger partial charge >= 0.3 is 0 Å². The minimum atomic E-state index is -1.30. The molecule has 0 amide bonds. The lowest BCUT2D eigenvalue weighted by Crippen LogP contribution is -2.24. The summed E-state index contributed by atoms with van der Waals surface area (Å²) in [6, 6.07) is 3.90. The maximum atomic E-state index is 12.3. The molecular weight excluding hydrogens is 286 g/mol. The third-order valence-corrected chi connectivity index (χ3v) is 4.33. The lowest BCUT2D eigenvalue weighted by molar-refractivity contribution is -0.106. The summed E-state index contributed by atoms with van der Waals surface area (Å²) in [7, 11) is 2.17. The Morgan fingerprint density at radius 1 is 1.43 bits per heavy atom. The van der Waals surface area contributed by atoms with Crippen molar-refractivity contribution < 1.29 is 9.05 Å². The Balaban J connectivity index is 3.02. The van der Waals surface area contributed by atoms with Gasteiger partial charge in [0.05, 0.1) is 23.3 Å². The molecule has 0 spiro atoms. The Morgan fingerprint density at radius 3 is 2.57 bits per heavy atom. The first-order chi connectivity index (χ1) is 9.74. The zero-order valence-corrected chi connectivity index (χ0v) is 14.5. The van der Waals surface area contributed by atoms with Crippen LogP contribution < -0.4 is 0 Å². The Labute approximate surface area is 130 Å². The highest BCUT2D eigenvalue weighted by molar-refractivity contribution is 7.85. The quantitative estimate of drug-likeness (QED) is 0.598. The fraction of sp³-hybridized carbons (Fsp3) is 0.600. The molecule has 1 rings (SSSR count). The molecule has 5 nitrogen and oxygen atoms in total. The summed E-state index contributed by atoms with van der Waals surface area (Å²) < 4.78 is 16.3. The number of rotatable bonds is 6. The fourth-order valence-corrected chi connectivity index (χ4v) is 2.11. The van der Waals surface area contributed by atoms with Gasteiger partial charge in [-0.25, -0.2) is 4.21 Å². The van der Waals surface area contributed by atoms with Crippen molar-refractivity contribution in [2.45, 2.75) is 38.9 Å². The SMILES string of the molecule is CON(C)CCC(=N[S@](=O)C(C)(C)C)c1ccc(C)cn1. The summed E-state index contributed by atoms with van der Waals surface area (Å²) >= 11 is 0. The molecule has 0 aliphatic carbocycles. The zero-order valence-electron chi connectivity index (χ0n) is 13.7. The van der Waals surface area contributed by atoms with E-state index in [1.807, 2.05) is 46.9 Å². The van der Waals surface area contributed by atoms with E-state index in [-0.39, 0.29) is 4.75 Å². The Morgan fingerprint density at radius 2 is 2.10 bits per heavy atom. The van der Waals surface area contributed by atoms with Gasteiger partial charge in [0.25, 0.3) is 0 Å². The van der Waals surface area contributed by atoms with Crippen molar-refractivity contribution in [1.29, 1.82) is 0 Å². The summed E-state index contributed by atoms with van der Waals surface area (Å²) in [4.78, 5) is 9.50. The van der Waals surface area contributed by atoms with E-state index in [1.54, 1.807) is 18.4 Å². The van der Waals surface area contributed by atoms with E-state index >= 15 is 0 Å². The molecule has 1 heterocycles. The van der Waals surface area contributed by atoms with E-state index in [1.165, 1.54) is 0 Å². The van der Waals surface area contributed by atoms with Crippen molar-refractivity contribution in [2.75, 3.05) is 20.7 Å². The molecule has 118 valence electrons. The number of nitrogens with zero attached hydrogens (tertiary/aromatic N) is 3. The van der Waals surface area contributed by atoms with Crippen LogP contribution in [-0.4, -0.2) is 45.4 Å². The predicted molar refractivity (Wildman–Crippen MR) is 87.7 cm³/mol.